The first-order valence-corrected chi connectivity index (χ1v) is 6.72. The first-order chi connectivity index (χ1) is 8.47. The van der Waals surface area contributed by atoms with Crippen LogP contribution in [0.25, 0.3) is 0 Å². The summed E-state index contributed by atoms with van der Waals surface area (Å²) in [6.45, 7) is 4.74. The quantitative estimate of drug-likeness (QED) is 0.761. The molecule has 0 saturated heterocycles. The van der Waals surface area contributed by atoms with Gasteiger partial charge in [-0.05, 0) is 32.1 Å². The Bertz CT molecular complexity index is 297. The Labute approximate surface area is 109 Å². The van der Waals surface area contributed by atoms with Crippen molar-refractivity contribution in [1.29, 1.82) is 0 Å². The minimum Gasteiger partial charge on any atom is -0.358 e. The molecule has 0 aromatic rings. The second-order valence-electron chi connectivity index (χ2n) is 5.29. The number of hydrogen-bond acceptors (Lipinski definition) is 3. The SMILES string of the molecule is CCN(CC(=O)NC)C(=O)C1CC(C)CC(N)C1. The van der Waals surface area contributed by atoms with Crippen molar-refractivity contribution in [2.24, 2.45) is 17.6 Å². The Morgan fingerprint density at radius 3 is 2.50 bits per heavy atom. The molecule has 1 aliphatic carbocycles. The third kappa shape index (κ3) is 3.98. The van der Waals surface area contributed by atoms with E-state index < -0.39 is 0 Å². The van der Waals surface area contributed by atoms with Crippen LogP contribution in [0.4, 0.5) is 0 Å². The number of nitrogens with two attached hydrogens (primary N) is 1. The van der Waals surface area contributed by atoms with Gasteiger partial charge in [0.2, 0.25) is 11.8 Å². The van der Waals surface area contributed by atoms with E-state index in [1.54, 1.807) is 11.9 Å². The van der Waals surface area contributed by atoms with Crippen molar-refractivity contribution in [2.75, 3.05) is 20.1 Å². The molecule has 5 nitrogen and oxygen atoms in total. The molecule has 3 unspecified atom stereocenters. The van der Waals surface area contributed by atoms with Crippen molar-refractivity contribution in [3.05, 3.63) is 0 Å². The maximum atomic E-state index is 12.4. The molecule has 0 aromatic heterocycles. The molecule has 0 radical (unpaired) electrons. The number of carbonyl (C=O) groups excluding carboxylic acids is 2. The summed E-state index contributed by atoms with van der Waals surface area (Å²) in [4.78, 5) is 25.3. The average Bonchev–Trinajstić information content (AvgIpc) is 2.33. The van der Waals surface area contributed by atoms with Crippen LogP contribution < -0.4 is 11.1 Å². The van der Waals surface area contributed by atoms with Crippen molar-refractivity contribution in [1.82, 2.24) is 10.2 Å². The van der Waals surface area contributed by atoms with Gasteiger partial charge >= 0.3 is 0 Å². The van der Waals surface area contributed by atoms with Gasteiger partial charge in [-0.2, -0.15) is 0 Å². The Morgan fingerprint density at radius 2 is 2.00 bits per heavy atom. The van der Waals surface area contributed by atoms with E-state index in [0.29, 0.717) is 12.5 Å². The predicted octanol–water partition coefficient (Wildman–Crippen LogP) is 0.344. The highest BCUT2D eigenvalue weighted by molar-refractivity contribution is 5.85. The molecule has 1 aliphatic rings. The zero-order chi connectivity index (χ0) is 13.7. The topological polar surface area (TPSA) is 75.4 Å². The third-order valence-corrected chi connectivity index (χ3v) is 3.64. The molecule has 0 bridgehead atoms. The zero-order valence-electron chi connectivity index (χ0n) is 11.6. The van der Waals surface area contributed by atoms with E-state index in [2.05, 4.69) is 12.2 Å². The van der Waals surface area contributed by atoms with Crippen LogP contribution >= 0.6 is 0 Å². The number of amides is 2. The van der Waals surface area contributed by atoms with Gasteiger partial charge < -0.3 is 16.0 Å². The van der Waals surface area contributed by atoms with Gasteiger partial charge in [0.25, 0.3) is 0 Å². The standard InChI is InChI=1S/C13H25N3O2/c1-4-16(8-12(17)15-3)13(18)10-5-9(2)6-11(14)7-10/h9-11H,4-8,14H2,1-3H3,(H,15,17). The number of nitrogens with zero attached hydrogens (tertiary/aromatic N) is 1. The molecular formula is C13H25N3O2. The fourth-order valence-corrected chi connectivity index (χ4v) is 2.71. The largest absolute Gasteiger partial charge is 0.358 e. The molecule has 3 atom stereocenters. The van der Waals surface area contributed by atoms with Gasteiger partial charge in [-0.1, -0.05) is 6.92 Å². The molecule has 2 amide bonds. The van der Waals surface area contributed by atoms with Gasteiger partial charge in [0.15, 0.2) is 0 Å². The van der Waals surface area contributed by atoms with Crippen LogP contribution in [0.1, 0.15) is 33.1 Å². The molecule has 5 heteroatoms. The third-order valence-electron chi connectivity index (χ3n) is 3.64. The van der Waals surface area contributed by atoms with Gasteiger partial charge in [-0.15, -0.1) is 0 Å². The highest BCUT2D eigenvalue weighted by Crippen LogP contribution is 2.29. The highest BCUT2D eigenvalue weighted by Gasteiger charge is 2.32. The molecular weight excluding hydrogens is 230 g/mol. The van der Waals surface area contributed by atoms with Crippen LogP contribution in [-0.2, 0) is 9.59 Å². The first kappa shape index (κ1) is 15.0. The molecule has 3 N–H and O–H groups in total. The lowest BCUT2D eigenvalue weighted by Crippen LogP contribution is -2.45. The van der Waals surface area contributed by atoms with Crippen molar-refractivity contribution in [3.63, 3.8) is 0 Å². The fourth-order valence-electron chi connectivity index (χ4n) is 2.71. The van der Waals surface area contributed by atoms with E-state index >= 15 is 0 Å². The molecule has 18 heavy (non-hydrogen) atoms. The molecule has 1 fully saturated rings. The molecule has 1 rings (SSSR count). The summed E-state index contributed by atoms with van der Waals surface area (Å²) in [6.07, 6.45) is 2.62. The first-order valence-electron chi connectivity index (χ1n) is 6.72. The lowest BCUT2D eigenvalue weighted by atomic mass is 9.79. The van der Waals surface area contributed by atoms with Crippen LogP contribution in [0.3, 0.4) is 0 Å². The molecule has 1 saturated carbocycles. The summed E-state index contributed by atoms with van der Waals surface area (Å²) in [5.41, 5.74) is 5.97. The van der Waals surface area contributed by atoms with E-state index in [1.165, 1.54) is 0 Å². The number of rotatable bonds is 4. The van der Waals surface area contributed by atoms with Gasteiger partial charge in [0.1, 0.15) is 0 Å². The summed E-state index contributed by atoms with van der Waals surface area (Å²) in [5, 5.41) is 2.55. The van der Waals surface area contributed by atoms with Gasteiger partial charge in [0, 0.05) is 25.6 Å². The smallest absolute Gasteiger partial charge is 0.239 e. The number of nitrogens with one attached hydrogen (secondary N) is 1. The second kappa shape index (κ2) is 6.73. The minimum atomic E-state index is -0.127. The predicted molar refractivity (Wildman–Crippen MR) is 70.8 cm³/mol. The monoisotopic (exact) mass is 255 g/mol. The maximum Gasteiger partial charge on any atom is 0.239 e. The van der Waals surface area contributed by atoms with E-state index in [9.17, 15) is 9.59 Å². The lowest BCUT2D eigenvalue weighted by molar-refractivity contribution is -0.140. The summed E-state index contributed by atoms with van der Waals surface area (Å²) in [6, 6.07) is 0.112. The minimum absolute atomic E-state index is 0.0200. The number of carbonyl (C=O) groups is 2. The lowest BCUT2D eigenvalue weighted by Gasteiger charge is -2.33. The van der Waals surface area contributed by atoms with Gasteiger partial charge in [-0.3, -0.25) is 9.59 Å². The second-order valence-corrected chi connectivity index (χ2v) is 5.29. The van der Waals surface area contributed by atoms with E-state index in [-0.39, 0.29) is 30.3 Å². The normalized spacial score (nSPS) is 27.7. The van der Waals surface area contributed by atoms with Crippen molar-refractivity contribution >= 4 is 11.8 Å². The zero-order valence-corrected chi connectivity index (χ0v) is 11.6. The van der Waals surface area contributed by atoms with Crippen molar-refractivity contribution < 1.29 is 9.59 Å². The Hall–Kier alpha value is -1.10. The Balaban J connectivity index is 2.62. The Kier molecular flexibility index (Phi) is 5.59. The average molecular weight is 255 g/mol. The molecule has 0 aromatic carbocycles. The molecule has 104 valence electrons. The van der Waals surface area contributed by atoms with E-state index in [0.717, 1.165) is 19.3 Å². The summed E-state index contributed by atoms with van der Waals surface area (Å²) in [5.74, 6) is 0.413. The summed E-state index contributed by atoms with van der Waals surface area (Å²) >= 11 is 0. The van der Waals surface area contributed by atoms with Crippen LogP contribution in [0.5, 0.6) is 0 Å². The van der Waals surface area contributed by atoms with Crippen LogP contribution in [0, 0.1) is 11.8 Å². The van der Waals surface area contributed by atoms with Crippen LogP contribution in [0.15, 0.2) is 0 Å². The van der Waals surface area contributed by atoms with Crippen molar-refractivity contribution in [3.8, 4) is 0 Å². The summed E-state index contributed by atoms with van der Waals surface area (Å²) in [7, 11) is 1.58. The maximum absolute atomic E-state index is 12.4. The highest BCUT2D eigenvalue weighted by atomic mass is 16.2. The number of hydrogen-bond donors (Lipinski definition) is 2. The van der Waals surface area contributed by atoms with E-state index in [4.69, 9.17) is 5.73 Å². The molecule has 0 aliphatic heterocycles. The summed E-state index contributed by atoms with van der Waals surface area (Å²) < 4.78 is 0. The molecule has 0 spiro atoms. The van der Waals surface area contributed by atoms with Gasteiger partial charge in [0.05, 0.1) is 6.54 Å². The van der Waals surface area contributed by atoms with E-state index in [1.807, 2.05) is 6.92 Å². The van der Waals surface area contributed by atoms with Gasteiger partial charge in [-0.25, -0.2) is 0 Å². The molecule has 0 heterocycles. The van der Waals surface area contributed by atoms with Crippen LogP contribution in [-0.4, -0.2) is 42.9 Å². The van der Waals surface area contributed by atoms with Crippen LogP contribution in [0.2, 0.25) is 0 Å². The fraction of sp³-hybridized carbons (Fsp3) is 0.846. The number of likely N-dealkylation sites (N-methyl/N-ethyl adjacent to an activating group) is 2. The Morgan fingerprint density at radius 1 is 1.33 bits per heavy atom. The van der Waals surface area contributed by atoms with Crippen molar-refractivity contribution in [2.45, 2.75) is 39.2 Å².